The second-order valence-corrected chi connectivity index (χ2v) is 10.2. The molecule has 1 aromatic carbocycles. The number of aromatic nitrogens is 3. The van der Waals surface area contributed by atoms with Gasteiger partial charge in [0.2, 0.25) is 5.91 Å². The fraction of sp³-hybridized carbons (Fsp3) is 0.400. The van der Waals surface area contributed by atoms with E-state index in [1.54, 1.807) is 24.3 Å². The molecule has 3 aromatic rings. The first-order valence-electron chi connectivity index (χ1n) is 13.3. The molecule has 9 nitrogen and oxygen atoms in total. The number of likely N-dealkylation sites (N-methyl/N-ethyl adjacent to an activating group) is 1. The lowest BCUT2D eigenvalue weighted by atomic mass is 9.82. The lowest BCUT2D eigenvalue weighted by Crippen LogP contribution is -2.33. The number of benzene rings is 1. The monoisotopic (exact) mass is 547 g/mol. The molecule has 2 amide bonds. The summed E-state index contributed by atoms with van der Waals surface area (Å²) < 4.78 is 27.2. The predicted octanol–water partition coefficient (Wildman–Crippen LogP) is 4.19. The van der Waals surface area contributed by atoms with E-state index in [2.05, 4.69) is 27.2 Å². The van der Waals surface area contributed by atoms with E-state index >= 15 is 0 Å². The number of amides is 2. The van der Waals surface area contributed by atoms with Gasteiger partial charge in [0.1, 0.15) is 25.0 Å². The summed E-state index contributed by atoms with van der Waals surface area (Å²) in [5.41, 5.74) is 2.33. The fourth-order valence-electron chi connectivity index (χ4n) is 4.08. The Balaban J connectivity index is 1.18. The molecule has 2 heterocycles. The molecule has 1 aliphatic carbocycles. The lowest BCUT2D eigenvalue weighted by Gasteiger charge is -2.33. The Hall–Kier alpha value is -4.39. The van der Waals surface area contributed by atoms with Crippen molar-refractivity contribution in [1.29, 1.82) is 0 Å². The third kappa shape index (κ3) is 7.82. The van der Waals surface area contributed by atoms with Crippen molar-refractivity contribution < 1.29 is 23.5 Å². The maximum absolute atomic E-state index is 14.2. The number of hydrogen-bond acceptors (Lipinski definition) is 6. The predicted molar refractivity (Wildman–Crippen MR) is 148 cm³/mol. The highest BCUT2D eigenvalue weighted by Crippen LogP contribution is 2.35. The Morgan fingerprint density at radius 3 is 2.67 bits per heavy atom. The van der Waals surface area contributed by atoms with Crippen LogP contribution in [0, 0.1) is 30.5 Å². The number of nitrogens with zero attached hydrogens (tertiary/aromatic N) is 4. The first-order valence-corrected chi connectivity index (χ1v) is 13.3. The van der Waals surface area contributed by atoms with E-state index in [1.165, 1.54) is 10.9 Å². The number of halogens is 1. The van der Waals surface area contributed by atoms with Gasteiger partial charge in [0.15, 0.2) is 11.6 Å². The zero-order chi connectivity index (χ0) is 28.6. The minimum absolute atomic E-state index is 0.00554. The first-order chi connectivity index (χ1) is 19.2. The highest BCUT2D eigenvalue weighted by molar-refractivity contribution is 6.03. The molecule has 0 bridgehead atoms. The van der Waals surface area contributed by atoms with Crippen LogP contribution in [0.15, 0.2) is 49.1 Å². The van der Waals surface area contributed by atoms with Crippen LogP contribution in [0.2, 0.25) is 0 Å². The number of carbonyl (C=O) groups excluding carboxylic acids is 2. The zero-order valence-electron chi connectivity index (χ0n) is 23.2. The molecule has 0 aliphatic heterocycles. The zero-order valence-corrected chi connectivity index (χ0v) is 23.2. The van der Waals surface area contributed by atoms with Crippen molar-refractivity contribution >= 4 is 17.5 Å². The number of nitrogens with one attached hydrogen (secondary N) is 1. The number of anilines is 1. The molecule has 210 valence electrons. The number of carbonyl (C=O) groups is 2. The van der Waals surface area contributed by atoms with Crippen molar-refractivity contribution in [2.45, 2.75) is 52.2 Å². The third-order valence-electron chi connectivity index (χ3n) is 6.60. The van der Waals surface area contributed by atoms with Crippen LogP contribution in [-0.2, 0) is 16.1 Å². The van der Waals surface area contributed by atoms with Gasteiger partial charge in [-0.15, -0.1) is 0 Å². The van der Waals surface area contributed by atoms with E-state index in [4.69, 9.17) is 9.47 Å². The van der Waals surface area contributed by atoms with Crippen molar-refractivity contribution in [3.63, 3.8) is 0 Å². The van der Waals surface area contributed by atoms with Gasteiger partial charge >= 0.3 is 0 Å². The van der Waals surface area contributed by atoms with E-state index < -0.39 is 11.7 Å². The van der Waals surface area contributed by atoms with Gasteiger partial charge in [-0.1, -0.05) is 37.5 Å². The van der Waals surface area contributed by atoms with Crippen molar-refractivity contribution in [3.05, 3.63) is 66.0 Å². The fourth-order valence-corrected chi connectivity index (χ4v) is 4.08. The highest BCUT2D eigenvalue weighted by Gasteiger charge is 2.31. The van der Waals surface area contributed by atoms with E-state index in [0.717, 1.165) is 23.1 Å². The van der Waals surface area contributed by atoms with Crippen LogP contribution in [0.5, 0.6) is 11.5 Å². The third-order valence-corrected chi connectivity index (χ3v) is 6.60. The standard InChI is InChI=1S/C30H34FN5O4/c1-20(2)26-16-32-17-27(31)30(26)40-25-13-22(14-25)7-10-28(37)34-23-15-33-36(18-23)19-29(38)35(4)11-12-39-24-8-5-21(3)6-9-24/h5-6,8-9,15-18,20,22,25H,11-14,19H2,1-4H3,(H,34,37). The van der Waals surface area contributed by atoms with Gasteiger partial charge < -0.3 is 19.7 Å². The Labute approximate surface area is 233 Å². The molecule has 10 heteroatoms. The van der Waals surface area contributed by atoms with Crippen molar-refractivity contribution in [3.8, 4) is 23.3 Å². The van der Waals surface area contributed by atoms with Crippen LogP contribution in [0.25, 0.3) is 0 Å². The minimum atomic E-state index is -0.471. The van der Waals surface area contributed by atoms with Gasteiger partial charge in [-0.2, -0.15) is 5.10 Å². The van der Waals surface area contributed by atoms with Gasteiger partial charge in [0.05, 0.1) is 24.6 Å². The van der Waals surface area contributed by atoms with Crippen LogP contribution in [-0.4, -0.2) is 57.8 Å². The Bertz CT molecular complexity index is 1390. The summed E-state index contributed by atoms with van der Waals surface area (Å²) in [5.74, 6) is 5.56. The molecule has 0 spiro atoms. The number of pyridine rings is 1. The maximum Gasteiger partial charge on any atom is 0.300 e. The molecule has 1 N–H and O–H groups in total. The summed E-state index contributed by atoms with van der Waals surface area (Å²) in [5, 5.41) is 6.82. The van der Waals surface area contributed by atoms with Crippen molar-refractivity contribution in [2.24, 2.45) is 5.92 Å². The van der Waals surface area contributed by atoms with Crippen LogP contribution in [0.3, 0.4) is 0 Å². The summed E-state index contributed by atoms with van der Waals surface area (Å²) in [7, 11) is 1.70. The highest BCUT2D eigenvalue weighted by atomic mass is 19.1. The molecule has 40 heavy (non-hydrogen) atoms. The van der Waals surface area contributed by atoms with Gasteiger partial charge in [0.25, 0.3) is 5.91 Å². The molecular formula is C30H34FN5O4. The summed E-state index contributed by atoms with van der Waals surface area (Å²) in [6, 6.07) is 7.73. The quantitative estimate of drug-likeness (QED) is 0.383. The number of aryl methyl sites for hydroxylation is 1. The Kier molecular flexibility index (Phi) is 9.38. The summed E-state index contributed by atoms with van der Waals surface area (Å²) >= 11 is 0. The molecule has 1 aliphatic rings. The molecule has 0 radical (unpaired) electrons. The number of rotatable bonds is 10. The van der Waals surface area contributed by atoms with E-state index in [0.29, 0.717) is 31.7 Å². The van der Waals surface area contributed by atoms with E-state index in [-0.39, 0.29) is 36.1 Å². The second kappa shape index (κ2) is 13.1. The topological polar surface area (TPSA) is 98.6 Å². The average Bonchev–Trinajstić information content (AvgIpc) is 3.33. The average molecular weight is 548 g/mol. The summed E-state index contributed by atoms with van der Waals surface area (Å²) in [4.78, 5) is 30.3. The van der Waals surface area contributed by atoms with Crippen LogP contribution < -0.4 is 14.8 Å². The SMILES string of the molecule is Cc1ccc(OCCN(C)C(=O)Cn2cc(NC(=O)C#CC3CC(Oc4c(F)cncc4C(C)C)C3)cn2)cc1. The number of hydrogen-bond donors (Lipinski definition) is 1. The number of ether oxygens (including phenoxy) is 2. The van der Waals surface area contributed by atoms with Gasteiger partial charge in [-0.3, -0.25) is 19.3 Å². The molecule has 0 atom stereocenters. The van der Waals surface area contributed by atoms with Gasteiger partial charge in [-0.05, 0) is 43.7 Å². The summed E-state index contributed by atoms with van der Waals surface area (Å²) in [6.07, 6.45) is 6.91. The normalized spacial score (nSPS) is 15.9. The Morgan fingerprint density at radius 1 is 1.20 bits per heavy atom. The van der Waals surface area contributed by atoms with Gasteiger partial charge in [0, 0.05) is 30.9 Å². The summed E-state index contributed by atoms with van der Waals surface area (Å²) in [6.45, 7) is 6.76. The van der Waals surface area contributed by atoms with Gasteiger partial charge in [-0.25, -0.2) is 4.39 Å². The molecule has 1 fully saturated rings. The molecule has 1 saturated carbocycles. The van der Waals surface area contributed by atoms with Crippen LogP contribution in [0.1, 0.15) is 43.7 Å². The van der Waals surface area contributed by atoms with Crippen molar-refractivity contribution in [1.82, 2.24) is 19.7 Å². The first kappa shape index (κ1) is 28.6. The molecular weight excluding hydrogens is 513 g/mol. The van der Waals surface area contributed by atoms with Crippen LogP contribution in [0.4, 0.5) is 10.1 Å². The minimum Gasteiger partial charge on any atom is -0.492 e. The van der Waals surface area contributed by atoms with E-state index in [9.17, 15) is 14.0 Å². The maximum atomic E-state index is 14.2. The largest absolute Gasteiger partial charge is 0.492 e. The van der Waals surface area contributed by atoms with Crippen LogP contribution >= 0.6 is 0 Å². The van der Waals surface area contributed by atoms with E-state index in [1.807, 2.05) is 45.0 Å². The molecule has 0 unspecified atom stereocenters. The second-order valence-electron chi connectivity index (χ2n) is 10.2. The van der Waals surface area contributed by atoms with Crippen molar-refractivity contribution in [2.75, 3.05) is 25.5 Å². The Morgan fingerprint density at radius 2 is 1.95 bits per heavy atom. The molecule has 0 saturated heterocycles. The lowest BCUT2D eigenvalue weighted by molar-refractivity contribution is -0.131. The smallest absolute Gasteiger partial charge is 0.300 e. The molecule has 2 aromatic heterocycles. The molecule has 4 rings (SSSR count).